The van der Waals surface area contributed by atoms with Crippen LogP contribution in [0.2, 0.25) is 0 Å². The zero-order chi connectivity index (χ0) is 19.3. The second-order valence-electron chi connectivity index (χ2n) is 7.62. The predicted octanol–water partition coefficient (Wildman–Crippen LogP) is 4.37. The molecule has 2 N–H and O–H groups in total. The SMILES string of the molecule is CC(C)COc1ccc(C(C(=O)O)C(C)C)c(C(C(=O)O)C(C)C)c1. The van der Waals surface area contributed by atoms with Crippen molar-refractivity contribution >= 4 is 11.9 Å². The number of benzene rings is 1. The van der Waals surface area contributed by atoms with E-state index in [4.69, 9.17) is 4.74 Å². The highest BCUT2D eigenvalue weighted by molar-refractivity contribution is 5.81. The molecule has 0 aliphatic rings. The van der Waals surface area contributed by atoms with E-state index in [1.807, 2.05) is 41.5 Å². The molecule has 1 aromatic carbocycles. The molecule has 0 aliphatic heterocycles. The van der Waals surface area contributed by atoms with Crippen molar-refractivity contribution in [1.82, 2.24) is 0 Å². The van der Waals surface area contributed by atoms with Gasteiger partial charge in [0.25, 0.3) is 0 Å². The van der Waals surface area contributed by atoms with Crippen LogP contribution in [0.4, 0.5) is 0 Å². The van der Waals surface area contributed by atoms with Gasteiger partial charge in [0, 0.05) is 0 Å². The third-order valence-corrected chi connectivity index (χ3v) is 4.18. The van der Waals surface area contributed by atoms with E-state index in [1.165, 1.54) is 0 Å². The number of carbonyl (C=O) groups is 2. The van der Waals surface area contributed by atoms with Crippen LogP contribution in [-0.2, 0) is 9.59 Å². The van der Waals surface area contributed by atoms with Gasteiger partial charge in [-0.05, 0) is 41.0 Å². The van der Waals surface area contributed by atoms with Gasteiger partial charge in [-0.25, -0.2) is 0 Å². The Hall–Kier alpha value is -2.04. The van der Waals surface area contributed by atoms with Crippen LogP contribution in [0.15, 0.2) is 18.2 Å². The number of carboxylic acids is 2. The van der Waals surface area contributed by atoms with E-state index in [2.05, 4.69) is 0 Å². The number of aliphatic carboxylic acids is 2. The highest BCUT2D eigenvalue weighted by Gasteiger charge is 2.33. The van der Waals surface area contributed by atoms with E-state index in [-0.39, 0.29) is 11.8 Å². The zero-order valence-corrected chi connectivity index (χ0v) is 15.9. The van der Waals surface area contributed by atoms with Gasteiger partial charge < -0.3 is 14.9 Å². The van der Waals surface area contributed by atoms with Gasteiger partial charge in [-0.15, -0.1) is 0 Å². The average Bonchev–Trinajstić information content (AvgIpc) is 2.45. The Bertz CT molecular complexity index is 604. The predicted molar refractivity (Wildman–Crippen MR) is 97.2 cm³/mol. The topological polar surface area (TPSA) is 83.8 Å². The molecule has 25 heavy (non-hydrogen) atoms. The molecule has 0 amide bonds. The largest absolute Gasteiger partial charge is 0.493 e. The molecule has 0 spiro atoms. The summed E-state index contributed by atoms with van der Waals surface area (Å²) in [6, 6.07) is 5.15. The van der Waals surface area contributed by atoms with Crippen molar-refractivity contribution in [1.29, 1.82) is 0 Å². The van der Waals surface area contributed by atoms with E-state index in [0.717, 1.165) is 0 Å². The minimum absolute atomic E-state index is 0.153. The van der Waals surface area contributed by atoms with Crippen LogP contribution in [0.3, 0.4) is 0 Å². The van der Waals surface area contributed by atoms with Gasteiger partial charge in [0.15, 0.2) is 0 Å². The summed E-state index contributed by atoms with van der Waals surface area (Å²) < 4.78 is 5.73. The van der Waals surface area contributed by atoms with Gasteiger partial charge in [-0.3, -0.25) is 9.59 Å². The Labute approximate surface area is 150 Å². The molecule has 1 aromatic rings. The maximum atomic E-state index is 11.8. The molecule has 0 bridgehead atoms. The fourth-order valence-corrected chi connectivity index (χ4v) is 3.01. The number of hydrogen-bond acceptors (Lipinski definition) is 3. The summed E-state index contributed by atoms with van der Waals surface area (Å²) in [4.78, 5) is 23.6. The standard InChI is InChI=1S/C20H30O5/c1-11(2)10-25-14-7-8-15(17(12(3)4)19(21)22)16(9-14)18(13(5)6)20(23)24/h7-9,11-13,17-18H,10H2,1-6H3,(H,21,22)(H,23,24). The van der Waals surface area contributed by atoms with E-state index in [1.54, 1.807) is 18.2 Å². The molecule has 2 unspecified atom stereocenters. The van der Waals surface area contributed by atoms with Gasteiger partial charge in [0.1, 0.15) is 5.75 Å². The lowest BCUT2D eigenvalue weighted by atomic mass is 9.78. The van der Waals surface area contributed by atoms with Gasteiger partial charge in [0.2, 0.25) is 0 Å². The maximum absolute atomic E-state index is 11.8. The van der Waals surface area contributed by atoms with Crippen LogP contribution in [-0.4, -0.2) is 28.8 Å². The Morgan fingerprint density at radius 1 is 0.880 bits per heavy atom. The number of ether oxygens (including phenoxy) is 1. The fourth-order valence-electron chi connectivity index (χ4n) is 3.01. The van der Waals surface area contributed by atoms with E-state index < -0.39 is 23.8 Å². The molecule has 1 rings (SSSR count). The van der Waals surface area contributed by atoms with Crippen LogP contribution < -0.4 is 4.74 Å². The van der Waals surface area contributed by atoms with Crippen molar-refractivity contribution in [3.05, 3.63) is 29.3 Å². The molecule has 2 atom stereocenters. The first-order valence-corrected chi connectivity index (χ1v) is 8.78. The van der Waals surface area contributed by atoms with Crippen LogP contribution >= 0.6 is 0 Å². The van der Waals surface area contributed by atoms with Crippen LogP contribution in [0.1, 0.15) is 64.5 Å². The minimum atomic E-state index is -0.954. The second kappa shape index (κ2) is 8.88. The van der Waals surface area contributed by atoms with Crippen LogP contribution in [0.5, 0.6) is 5.75 Å². The molecule has 0 heterocycles. The highest BCUT2D eigenvalue weighted by atomic mass is 16.5. The number of carboxylic acid groups (broad SMARTS) is 2. The van der Waals surface area contributed by atoms with Crippen LogP contribution in [0.25, 0.3) is 0 Å². The lowest BCUT2D eigenvalue weighted by Gasteiger charge is -2.26. The van der Waals surface area contributed by atoms with Crippen molar-refractivity contribution < 1.29 is 24.5 Å². The Kier molecular flexibility index (Phi) is 7.46. The minimum Gasteiger partial charge on any atom is -0.493 e. The highest BCUT2D eigenvalue weighted by Crippen LogP contribution is 2.37. The summed E-state index contributed by atoms with van der Waals surface area (Å²) in [6.07, 6.45) is 0. The molecular weight excluding hydrogens is 320 g/mol. The van der Waals surface area contributed by atoms with E-state index in [9.17, 15) is 19.8 Å². The van der Waals surface area contributed by atoms with Crippen molar-refractivity contribution in [3.63, 3.8) is 0 Å². The summed E-state index contributed by atoms with van der Waals surface area (Å²) in [5, 5.41) is 19.3. The Balaban J connectivity index is 3.49. The quantitative estimate of drug-likeness (QED) is 0.691. The monoisotopic (exact) mass is 350 g/mol. The Morgan fingerprint density at radius 3 is 1.76 bits per heavy atom. The summed E-state index contributed by atoms with van der Waals surface area (Å²) in [5.41, 5.74) is 1.09. The Morgan fingerprint density at radius 2 is 1.36 bits per heavy atom. The average molecular weight is 350 g/mol. The first-order valence-electron chi connectivity index (χ1n) is 8.78. The second-order valence-corrected chi connectivity index (χ2v) is 7.62. The summed E-state index contributed by atoms with van der Waals surface area (Å²) in [6.45, 7) is 11.9. The molecular formula is C20H30O5. The van der Waals surface area contributed by atoms with Crippen molar-refractivity contribution in [2.75, 3.05) is 6.61 Å². The van der Waals surface area contributed by atoms with E-state index >= 15 is 0 Å². The summed E-state index contributed by atoms with van der Waals surface area (Å²) in [5.74, 6) is -2.84. The van der Waals surface area contributed by atoms with Crippen molar-refractivity contribution in [2.24, 2.45) is 17.8 Å². The third kappa shape index (κ3) is 5.48. The zero-order valence-electron chi connectivity index (χ0n) is 15.9. The number of hydrogen-bond donors (Lipinski definition) is 2. The first kappa shape index (κ1) is 21.0. The molecule has 0 radical (unpaired) electrons. The van der Waals surface area contributed by atoms with E-state index in [0.29, 0.717) is 29.4 Å². The maximum Gasteiger partial charge on any atom is 0.311 e. The van der Waals surface area contributed by atoms with Crippen LogP contribution in [0, 0.1) is 17.8 Å². The molecule has 5 nitrogen and oxygen atoms in total. The molecule has 0 aliphatic carbocycles. The molecule has 5 heteroatoms. The van der Waals surface area contributed by atoms with Gasteiger partial charge >= 0.3 is 11.9 Å². The normalized spacial score (nSPS) is 14.0. The molecule has 0 saturated heterocycles. The fraction of sp³-hybridized carbons (Fsp3) is 0.600. The molecule has 0 saturated carbocycles. The molecule has 0 fully saturated rings. The summed E-state index contributed by atoms with van der Waals surface area (Å²) in [7, 11) is 0. The van der Waals surface area contributed by atoms with Crippen molar-refractivity contribution in [2.45, 2.75) is 53.4 Å². The molecule has 140 valence electrons. The van der Waals surface area contributed by atoms with Gasteiger partial charge in [-0.2, -0.15) is 0 Å². The smallest absolute Gasteiger partial charge is 0.311 e. The lowest BCUT2D eigenvalue weighted by molar-refractivity contribution is -0.141. The number of rotatable bonds is 9. The molecule has 0 aromatic heterocycles. The third-order valence-electron chi connectivity index (χ3n) is 4.18. The summed E-state index contributed by atoms with van der Waals surface area (Å²) >= 11 is 0. The van der Waals surface area contributed by atoms with Gasteiger partial charge in [-0.1, -0.05) is 47.6 Å². The lowest BCUT2D eigenvalue weighted by Crippen LogP contribution is -2.24. The van der Waals surface area contributed by atoms with Gasteiger partial charge in [0.05, 0.1) is 18.4 Å². The van der Waals surface area contributed by atoms with Crippen molar-refractivity contribution in [3.8, 4) is 5.75 Å². The first-order chi connectivity index (χ1) is 11.6.